The normalized spacial score (nSPS) is 22.1. The van der Waals surface area contributed by atoms with E-state index in [-0.39, 0.29) is 17.6 Å². The van der Waals surface area contributed by atoms with Gasteiger partial charge in [0.2, 0.25) is 0 Å². The second-order valence-corrected chi connectivity index (χ2v) is 8.05. The second-order valence-electron chi connectivity index (χ2n) is 6.95. The highest BCUT2D eigenvalue weighted by atomic mass is 32.2. The number of nitrogens with one attached hydrogen (secondary N) is 1. The molecule has 9 heteroatoms. The van der Waals surface area contributed by atoms with Crippen molar-refractivity contribution < 1.29 is 4.74 Å². The molecule has 0 radical (unpaired) electrons. The van der Waals surface area contributed by atoms with Crippen molar-refractivity contribution in [1.29, 1.82) is 0 Å². The molecule has 0 aliphatic carbocycles. The molecule has 0 saturated carbocycles. The van der Waals surface area contributed by atoms with E-state index in [1.807, 2.05) is 30.9 Å². The number of nitrogens with zero attached hydrogens (tertiary/aromatic N) is 5. The Kier molecular flexibility index (Phi) is 4.13. The Morgan fingerprint density at radius 1 is 1.30 bits per heavy atom. The molecule has 5 rings (SSSR count). The quantitative estimate of drug-likeness (QED) is 0.731. The van der Waals surface area contributed by atoms with Crippen LogP contribution in [-0.4, -0.2) is 49.4 Å². The predicted octanol–water partition coefficient (Wildman–Crippen LogP) is 1.44. The fourth-order valence-electron chi connectivity index (χ4n) is 3.72. The zero-order valence-electron chi connectivity index (χ0n) is 15.0. The van der Waals surface area contributed by atoms with Crippen molar-refractivity contribution in [2.75, 3.05) is 24.3 Å². The molecule has 1 saturated heterocycles. The molecule has 3 aromatic heterocycles. The smallest absolute Gasteiger partial charge is 0.267 e. The molecule has 8 nitrogen and oxygen atoms in total. The van der Waals surface area contributed by atoms with Gasteiger partial charge in [-0.1, -0.05) is 0 Å². The number of aromatic nitrogens is 5. The molecule has 2 unspecified atom stereocenters. The van der Waals surface area contributed by atoms with Crippen LogP contribution in [0.15, 0.2) is 29.3 Å². The molecule has 0 aromatic carbocycles. The minimum absolute atomic E-state index is 0.0649. The molecule has 27 heavy (non-hydrogen) atoms. The van der Waals surface area contributed by atoms with Gasteiger partial charge in [0.05, 0.1) is 30.6 Å². The standard InChI is InChI=1S/C18H20N6O2S/c1-11-6-15-18(19-3-4-23(15)21-11)20-14-8-26-9-16(14)24-17(25)7-12-10-27-5-2-13(12)22-24/h3-4,6-7,14,16H,2,5,8-10H2,1H3,(H,19,20). The summed E-state index contributed by atoms with van der Waals surface area (Å²) in [5, 5.41) is 12.6. The van der Waals surface area contributed by atoms with E-state index in [0.717, 1.165) is 46.2 Å². The first-order valence-electron chi connectivity index (χ1n) is 9.04. The van der Waals surface area contributed by atoms with E-state index in [1.165, 1.54) is 0 Å². The van der Waals surface area contributed by atoms with Crippen molar-refractivity contribution >= 4 is 23.1 Å². The topological polar surface area (TPSA) is 86.3 Å². The summed E-state index contributed by atoms with van der Waals surface area (Å²) < 4.78 is 9.10. The molecule has 2 aliphatic rings. The van der Waals surface area contributed by atoms with E-state index in [9.17, 15) is 4.79 Å². The van der Waals surface area contributed by atoms with E-state index >= 15 is 0 Å². The Bertz CT molecular complexity index is 1060. The number of hydrogen-bond acceptors (Lipinski definition) is 7. The third-order valence-electron chi connectivity index (χ3n) is 5.06. The monoisotopic (exact) mass is 384 g/mol. The lowest BCUT2D eigenvalue weighted by Gasteiger charge is -2.23. The maximum absolute atomic E-state index is 12.7. The number of rotatable bonds is 3. The highest BCUT2D eigenvalue weighted by molar-refractivity contribution is 7.98. The first kappa shape index (κ1) is 16.8. The first-order valence-corrected chi connectivity index (χ1v) is 10.2. The molecular weight excluding hydrogens is 364 g/mol. The van der Waals surface area contributed by atoms with E-state index in [0.29, 0.717) is 13.2 Å². The maximum atomic E-state index is 12.7. The number of aryl methyl sites for hydroxylation is 2. The molecule has 140 valence electrons. The molecule has 0 spiro atoms. The molecule has 5 heterocycles. The van der Waals surface area contributed by atoms with Crippen molar-refractivity contribution in [1.82, 2.24) is 24.4 Å². The molecule has 1 fully saturated rings. The van der Waals surface area contributed by atoms with Gasteiger partial charge in [-0.3, -0.25) is 4.79 Å². The number of anilines is 1. The van der Waals surface area contributed by atoms with Crippen molar-refractivity contribution in [3.05, 3.63) is 51.8 Å². The number of fused-ring (bicyclic) bond motifs is 2. The average molecular weight is 384 g/mol. The summed E-state index contributed by atoms with van der Waals surface area (Å²) in [5.41, 5.74) is 3.87. The number of hydrogen-bond donors (Lipinski definition) is 1. The molecule has 0 amide bonds. The van der Waals surface area contributed by atoms with Gasteiger partial charge in [0, 0.05) is 30.6 Å². The number of thioether (sulfide) groups is 1. The van der Waals surface area contributed by atoms with Gasteiger partial charge in [-0.2, -0.15) is 22.0 Å². The summed E-state index contributed by atoms with van der Waals surface area (Å²) in [6, 6.07) is 3.48. The summed E-state index contributed by atoms with van der Waals surface area (Å²) in [7, 11) is 0. The minimum atomic E-state index is -0.163. The number of ether oxygens (including phenoxy) is 1. The Hall–Kier alpha value is -2.39. The van der Waals surface area contributed by atoms with Crippen LogP contribution in [0, 0.1) is 6.92 Å². The summed E-state index contributed by atoms with van der Waals surface area (Å²) in [6.07, 6.45) is 4.44. The Morgan fingerprint density at radius 2 is 2.22 bits per heavy atom. The fourth-order valence-corrected chi connectivity index (χ4v) is 4.67. The van der Waals surface area contributed by atoms with Crippen LogP contribution in [0.3, 0.4) is 0 Å². The Morgan fingerprint density at radius 3 is 3.15 bits per heavy atom. The molecular formula is C18H20N6O2S. The van der Waals surface area contributed by atoms with Gasteiger partial charge >= 0.3 is 0 Å². The lowest BCUT2D eigenvalue weighted by Crippen LogP contribution is -2.38. The minimum Gasteiger partial charge on any atom is -0.377 e. The van der Waals surface area contributed by atoms with Gasteiger partial charge in [-0.15, -0.1) is 0 Å². The summed E-state index contributed by atoms with van der Waals surface area (Å²) in [4.78, 5) is 17.1. The third-order valence-corrected chi connectivity index (χ3v) is 6.07. The lowest BCUT2D eigenvalue weighted by atomic mass is 10.1. The van der Waals surface area contributed by atoms with Crippen LogP contribution >= 0.6 is 11.8 Å². The first-order chi connectivity index (χ1) is 13.2. The van der Waals surface area contributed by atoms with Gasteiger partial charge < -0.3 is 10.1 Å². The van der Waals surface area contributed by atoms with E-state index in [1.54, 1.807) is 21.5 Å². The van der Waals surface area contributed by atoms with E-state index in [2.05, 4.69) is 20.5 Å². The van der Waals surface area contributed by atoms with Crippen molar-refractivity contribution in [2.45, 2.75) is 31.2 Å². The Balaban J connectivity index is 1.48. The third kappa shape index (κ3) is 3.00. The molecule has 3 aromatic rings. The van der Waals surface area contributed by atoms with Crippen LogP contribution < -0.4 is 10.9 Å². The van der Waals surface area contributed by atoms with Gasteiger partial charge in [0.15, 0.2) is 5.82 Å². The highest BCUT2D eigenvalue weighted by Crippen LogP contribution is 2.26. The predicted molar refractivity (Wildman–Crippen MR) is 103 cm³/mol. The fraction of sp³-hybridized carbons (Fsp3) is 0.444. The van der Waals surface area contributed by atoms with Crippen molar-refractivity contribution in [3.8, 4) is 0 Å². The largest absolute Gasteiger partial charge is 0.377 e. The summed E-state index contributed by atoms with van der Waals surface area (Å²) in [6.45, 7) is 2.91. The van der Waals surface area contributed by atoms with Crippen LogP contribution in [0.4, 0.5) is 5.82 Å². The van der Waals surface area contributed by atoms with Crippen LogP contribution in [0.5, 0.6) is 0 Å². The van der Waals surface area contributed by atoms with Crippen LogP contribution in [-0.2, 0) is 16.9 Å². The van der Waals surface area contributed by atoms with E-state index < -0.39 is 0 Å². The lowest BCUT2D eigenvalue weighted by molar-refractivity contribution is 0.182. The summed E-state index contributed by atoms with van der Waals surface area (Å²) in [5.74, 6) is 2.65. The Labute approximate surface area is 159 Å². The zero-order chi connectivity index (χ0) is 18.4. The maximum Gasteiger partial charge on any atom is 0.267 e. The second kappa shape index (κ2) is 6.65. The van der Waals surface area contributed by atoms with E-state index in [4.69, 9.17) is 4.74 Å². The van der Waals surface area contributed by atoms with Crippen molar-refractivity contribution in [3.63, 3.8) is 0 Å². The summed E-state index contributed by atoms with van der Waals surface area (Å²) >= 11 is 1.85. The molecule has 1 N–H and O–H groups in total. The van der Waals surface area contributed by atoms with Crippen LogP contribution in [0.1, 0.15) is 23.0 Å². The van der Waals surface area contributed by atoms with Crippen LogP contribution in [0.2, 0.25) is 0 Å². The molecule has 2 aliphatic heterocycles. The van der Waals surface area contributed by atoms with Gasteiger partial charge in [0.1, 0.15) is 11.6 Å². The average Bonchev–Trinajstić information content (AvgIpc) is 3.27. The van der Waals surface area contributed by atoms with Gasteiger partial charge in [-0.25, -0.2) is 14.2 Å². The SMILES string of the molecule is Cc1cc2c(NC3COCC3n3nc4c(cc3=O)CSCC4)nccn2n1. The zero-order valence-corrected chi connectivity index (χ0v) is 15.8. The van der Waals surface area contributed by atoms with Gasteiger partial charge in [0.25, 0.3) is 5.56 Å². The molecule has 2 atom stereocenters. The highest BCUT2D eigenvalue weighted by Gasteiger charge is 2.33. The molecule has 0 bridgehead atoms. The van der Waals surface area contributed by atoms with Crippen LogP contribution in [0.25, 0.3) is 5.52 Å². The van der Waals surface area contributed by atoms with Crippen molar-refractivity contribution in [2.24, 2.45) is 0 Å². The van der Waals surface area contributed by atoms with Gasteiger partial charge in [-0.05, 0) is 24.3 Å².